The van der Waals surface area contributed by atoms with Gasteiger partial charge in [0.05, 0.1) is 0 Å². The van der Waals surface area contributed by atoms with Crippen molar-refractivity contribution in [2.45, 2.75) is 39.5 Å². The SMILES string of the molecule is C=CC=O.CCCc1ccc(-n2ccc(C=O)c2/C(N)=N\NC)cc1.CN1CCCC1.Cc1cccc(F)c1F. The summed E-state index contributed by atoms with van der Waals surface area (Å²) >= 11 is 0. The van der Waals surface area contributed by atoms with Crippen molar-refractivity contribution >= 4 is 18.4 Å². The predicted octanol–water partition coefficient (Wildman–Crippen LogP) is 5.44. The van der Waals surface area contributed by atoms with Crippen molar-refractivity contribution in [1.29, 1.82) is 0 Å². The van der Waals surface area contributed by atoms with E-state index >= 15 is 0 Å². The average Bonchev–Trinajstić information content (AvgIpc) is 3.62. The number of amidine groups is 1. The van der Waals surface area contributed by atoms with Gasteiger partial charge in [-0.3, -0.25) is 9.59 Å². The van der Waals surface area contributed by atoms with Crippen LogP contribution in [-0.2, 0) is 11.2 Å². The lowest BCUT2D eigenvalue weighted by atomic mass is 10.1. The van der Waals surface area contributed by atoms with Crippen LogP contribution >= 0.6 is 0 Å². The first kappa shape index (κ1) is 33.9. The highest BCUT2D eigenvalue weighted by Crippen LogP contribution is 2.17. The van der Waals surface area contributed by atoms with Crippen LogP contribution in [0.15, 0.2) is 72.5 Å². The molecule has 4 rings (SSSR count). The minimum Gasteiger partial charge on any atom is -0.381 e. The molecule has 0 saturated carbocycles. The summed E-state index contributed by atoms with van der Waals surface area (Å²) < 4.78 is 26.4. The molecule has 2 aromatic carbocycles. The number of aryl methyl sites for hydroxylation is 2. The number of hydrogen-bond donors (Lipinski definition) is 2. The van der Waals surface area contributed by atoms with Gasteiger partial charge < -0.3 is 20.6 Å². The van der Waals surface area contributed by atoms with E-state index in [4.69, 9.17) is 10.5 Å². The zero-order chi connectivity index (χ0) is 29.9. The summed E-state index contributed by atoms with van der Waals surface area (Å²) in [5, 5.41) is 3.97. The Hall–Kier alpha value is -4.11. The minimum atomic E-state index is -0.782. The van der Waals surface area contributed by atoms with Gasteiger partial charge in [0.15, 0.2) is 23.8 Å². The second-order valence-electron chi connectivity index (χ2n) is 9.00. The molecule has 1 aromatic heterocycles. The number of nitrogens with one attached hydrogen (secondary N) is 1. The maximum Gasteiger partial charge on any atom is 0.168 e. The second-order valence-corrected chi connectivity index (χ2v) is 9.00. The van der Waals surface area contributed by atoms with Crippen LogP contribution in [0.5, 0.6) is 0 Å². The Kier molecular flexibility index (Phi) is 16.1. The number of aldehydes is 2. The molecule has 1 aliphatic heterocycles. The number of carbonyl (C=O) groups excluding carboxylic acids is 2. The quantitative estimate of drug-likeness (QED) is 0.134. The van der Waals surface area contributed by atoms with Crippen LogP contribution in [0.25, 0.3) is 5.69 Å². The molecule has 1 fully saturated rings. The average molecular weight is 554 g/mol. The van der Waals surface area contributed by atoms with Crippen molar-refractivity contribution in [1.82, 2.24) is 14.9 Å². The fourth-order valence-corrected chi connectivity index (χ4v) is 3.80. The van der Waals surface area contributed by atoms with Crippen LogP contribution in [0.3, 0.4) is 0 Å². The Morgan fingerprint density at radius 1 is 1.10 bits per heavy atom. The zero-order valence-corrected chi connectivity index (χ0v) is 23.9. The number of nitrogens with zero attached hydrogens (tertiary/aromatic N) is 3. The summed E-state index contributed by atoms with van der Waals surface area (Å²) in [7, 11) is 3.84. The molecule has 0 bridgehead atoms. The van der Waals surface area contributed by atoms with Gasteiger partial charge in [-0.15, -0.1) is 0 Å². The van der Waals surface area contributed by atoms with Gasteiger partial charge in [0.2, 0.25) is 0 Å². The molecule has 0 radical (unpaired) electrons. The maximum absolute atomic E-state index is 12.4. The fraction of sp³-hybridized carbons (Fsp3) is 0.323. The number of halogens is 2. The molecule has 3 N–H and O–H groups in total. The number of nitrogens with two attached hydrogens (primary N) is 1. The molecular weight excluding hydrogens is 512 g/mol. The summed E-state index contributed by atoms with van der Waals surface area (Å²) in [6.45, 7) is 9.43. The van der Waals surface area contributed by atoms with Gasteiger partial charge in [0, 0.05) is 24.5 Å². The van der Waals surface area contributed by atoms with Crippen molar-refractivity contribution in [3.63, 3.8) is 0 Å². The van der Waals surface area contributed by atoms with Crippen LogP contribution in [0.2, 0.25) is 0 Å². The van der Waals surface area contributed by atoms with E-state index in [1.807, 2.05) is 22.9 Å². The number of likely N-dealkylation sites (tertiary alicyclic amines) is 1. The summed E-state index contributed by atoms with van der Waals surface area (Å²) in [5.74, 6) is -1.25. The molecule has 0 amide bonds. The standard InChI is InChI=1S/C16H20N4O.C7H6F2.C5H11N.C3H4O/c1-3-4-12-5-7-14(8-6-12)20-10-9-13(11-21)15(20)16(17)19-18-2;1-5-3-2-4-6(8)7(5)9;1-6-4-2-3-5-6;1-2-3-4/h5-11,18H,3-4H2,1-2H3,(H2,17,19);2-4H,1H3;2-5H2,1H3;2-3H,1H2. The van der Waals surface area contributed by atoms with Gasteiger partial charge in [0.1, 0.15) is 12.0 Å². The van der Waals surface area contributed by atoms with Crippen LogP contribution in [0, 0.1) is 18.6 Å². The largest absolute Gasteiger partial charge is 0.381 e. The van der Waals surface area contributed by atoms with E-state index < -0.39 is 11.6 Å². The van der Waals surface area contributed by atoms with Crippen LogP contribution in [0.4, 0.5) is 8.78 Å². The zero-order valence-electron chi connectivity index (χ0n) is 23.9. The molecule has 1 aliphatic rings. The van der Waals surface area contributed by atoms with Gasteiger partial charge in [-0.2, -0.15) is 5.10 Å². The highest BCUT2D eigenvalue weighted by Gasteiger charge is 2.14. The number of hydrazone groups is 1. The summed E-state index contributed by atoms with van der Waals surface area (Å²) in [4.78, 5) is 22.6. The summed E-state index contributed by atoms with van der Waals surface area (Å²) in [6, 6.07) is 14.1. The molecule has 2 heterocycles. The topological polar surface area (TPSA) is 92.7 Å². The molecule has 3 aromatic rings. The number of allylic oxidation sites excluding steroid dienone is 1. The Labute approximate surface area is 236 Å². The number of hydrogen-bond acceptors (Lipinski definition) is 5. The molecule has 0 aliphatic carbocycles. The van der Waals surface area contributed by atoms with Crippen LogP contribution < -0.4 is 11.2 Å². The molecule has 216 valence electrons. The molecule has 0 atom stereocenters. The Bertz CT molecular complexity index is 1190. The van der Waals surface area contributed by atoms with Crippen LogP contribution in [-0.4, -0.2) is 55.1 Å². The van der Waals surface area contributed by atoms with E-state index in [9.17, 15) is 13.6 Å². The third kappa shape index (κ3) is 11.3. The van der Waals surface area contributed by atoms with Gasteiger partial charge in [-0.25, -0.2) is 8.78 Å². The highest BCUT2D eigenvalue weighted by molar-refractivity contribution is 6.03. The van der Waals surface area contributed by atoms with Crippen molar-refractivity contribution < 1.29 is 18.4 Å². The summed E-state index contributed by atoms with van der Waals surface area (Å²) in [5.41, 5.74) is 12.3. The van der Waals surface area contributed by atoms with E-state index in [1.165, 1.54) is 56.6 Å². The first-order chi connectivity index (χ1) is 19.2. The second kappa shape index (κ2) is 19.0. The van der Waals surface area contributed by atoms with Gasteiger partial charge in [-0.1, -0.05) is 44.2 Å². The van der Waals surface area contributed by atoms with Crippen molar-refractivity contribution in [3.05, 3.63) is 101 Å². The number of benzene rings is 2. The van der Waals surface area contributed by atoms with Crippen LogP contribution in [0.1, 0.15) is 53.4 Å². The lowest BCUT2D eigenvalue weighted by Gasteiger charge is -2.10. The Morgan fingerprint density at radius 3 is 2.15 bits per heavy atom. The molecule has 40 heavy (non-hydrogen) atoms. The molecular formula is C31H41F2N5O2. The Balaban J connectivity index is 0.000000342. The molecule has 1 saturated heterocycles. The summed E-state index contributed by atoms with van der Waals surface area (Å²) in [6.07, 6.45) is 9.45. The van der Waals surface area contributed by atoms with Gasteiger partial charge >= 0.3 is 0 Å². The highest BCUT2D eigenvalue weighted by atomic mass is 19.2. The first-order valence-electron chi connectivity index (χ1n) is 13.1. The smallest absolute Gasteiger partial charge is 0.168 e. The van der Waals surface area contributed by atoms with Crippen molar-refractivity contribution in [3.8, 4) is 5.69 Å². The van der Waals surface area contributed by atoms with E-state index in [0.717, 1.165) is 30.9 Å². The van der Waals surface area contributed by atoms with Gasteiger partial charge in [0.25, 0.3) is 0 Å². The monoisotopic (exact) mass is 553 g/mol. The molecule has 9 heteroatoms. The van der Waals surface area contributed by atoms with Crippen molar-refractivity contribution in [2.24, 2.45) is 10.8 Å². The number of carbonyl (C=O) groups is 2. The van der Waals surface area contributed by atoms with Crippen molar-refractivity contribution in [2.75, 3.05) is 27.2 Å². The molecule has 0 spiro atoms. The lowest BCUT2D eigenvalue weighted by Crippen LogP contribution is -2.22. The third-order valence-electron chi connectivity index (χ3n) is 5.84. The van der Waals surface area contributed by atoms with E-state index in [1.54, 1.807) is 13.1 Å². The number of aromatic nitrogens is 1. The lowest BCUT2D eigenvalue weighted by molar-refractivity contribution is -0.104. The van der Waals surface area contributed by atoms with E-state index in [0.29, 0.717) is 23.1 Å². The first-order valence-corrected chi connectivity index (χ1v) is 13.1. The normalized spacial score (nSPS) is 12.5. The minimum absolute atomic E-state index is 0.280. The van der Waals surface area contributed by atoms with E-state index in [-0.39, 0.29) is 5.84 Å². The third-order valence-corrected chi connectivity index (χ3v) is 5.84. The maximum atomic E-state index is 12.4. The Morgan fingerprint density at radius 2 is 1.73 bits per heavy atom. The van der Waals surface area contributed by atoms with E-state index in [2.05, 4.69) is 48.1 Å². The molecule has 0 unspecified atom stereocenters. The van der Waals surface area contributed by atoms with Gasteiger partial charge in [-0.05, 0) is 87.8 Å². The predicted molar refractivity (Wildman–Crippen MR) is 159 cm³/mol. The number of rotatable bonds is 7. The molecule has 7 nitrogen and oxygen atoms in total. The fourth-order valence-electron chi connectivity index (χ4n) is 3.80.